The van der Waals surface area contributed by atoms with Gasteiger partial charge in [0.25, 0.3) is 5.91 Å². The normalized spacial score (nSPS) is 9.93. The molecule has 0 aliphatic carbocycles. The maximum absolute atomic E-state index is 11.6. The highest BCUT2D eigenvalue weighted by molar-refractivity contribution is 9.10. The molecule has 0 bridgehead atoms. The Morgan fingerprint density at radius 2 is 2.33 bits per heavy atom. The van der Waals surface area contributed by atoms with E-state index in [4.69, 9.17) is 0 Å². The molecule has 0 spiro atoms. The first kappa shape index (κ1) is 9.85. The van der Waals surface area contributed by atoms with Crippen molar-refractivity contribution in [3.8, 4) is 0 Å². The van der Waals surface area contributed by atoms with Crippen LogP contribution < -0.4 is 5.32 Å². The zero-order valence-electron chi connectivity index (χ0n) is 7.57. The number of H-pyrrole nitrogens is 1. The average molecular weight is 267 g/mol. The van der Waals surface area contributed by atoms with Gasteiger partial charge in [0, 0.05) is 22.9 Å². The van der Waals surface area contributed by atoms with Crippen LogP contribution in [0.15, 0.2) is 35.2 Å². The molecule has 2 aromatic heterocycles. The topological polar surface area (TPSA) is 70.7 Å². The summed E-state index contributed by atoms with van der Waals surface area (Å²) in [6.07, 6.45) is 4.68. The van der Waals surface area contributed by atoms with Gasteiger partial charge in [0.2, 0.25) is 0 Å². The minimum atomic E-state index is -0.229. The minimum Gasteiger partial charge on any atom is -0.307 e. The summed E-state index contributed by atoms with van der Waals surface area (Å²) in [5, 5.41) is 9.01. The number of amides is 1. The summed E-state index contributed by atoms with van der Waals surface area (Å²) in [6, 6.07) is 3.36. The summed E-state index contributed by atoms with van der Waals surface area (Å²) in [5.74, 6) is 0.327. The van der Waals surface area contributed by atoms with E-state index in [-0.39, 0.29) is 5.91 Å². The lowest BCUT2D eigenvalue weighted by molar-refractivity contribution is 0.102. The van der Waals surface area contributed by atoms with Gasteiger partial charge in [-0.25, -0.2) is 0 Å². The lowest BCUT2D eigenvalue weighted by Gasteiger charge is -2.01. The number of nitrogens with one attached hydrogen (secondary N) is 2. The molecule has 76 valence electrons. The molecule has 2 heterocycles. The summed E-state index contributed by atoms with van der Waals surface area (Å²) < 4.78 is 0.764. The molecule has 0 atom stereocenters. The van der Waals surface area contributed by atoms with Gasteiger partial charge in [-0.05, 0) is 22.0 Å². The van der Waals surface area contributed by atoms with E-state index in [0.29, 0.717) is 11.4 Å². The summed E-state index contributed by atoms with van der Waals surface area (Å²) in [5.41, 5.74) is 0.485. The Bertz CT molecular complexity index is 469. The number of anilines is 1. The standard InChI is InChI=1S/C9H7BrN4O/c10-7-3-6(4-11-5-7)9(15)13-8-1-2-12-14-8/h1-5H,(H2,12,13,14,15). The molecule has 0 saturated carbocycles. The van der Waals surface area contributed by atoms with Gasteiger partial charge in [0.15, 0.2) is 0 Å². The molecule has 0 unspecified atom stereocenters. The van der Waals surface area contributed by atoms with Crippen LogP contribution in [0.2, 0.25) is 0 Å². The van der Waals surface area contributed by atoms with Crippen molar-refractivity contribution in [3.05, 3.63) is 40.8 Å². The van der Waals surface area contributed by atoms with Crippen molar-refractivity contribution < 1.29 is 4.79 Å². The first-order chi connectivity index (χ1) is 7.25. The summed E-state index contributed by atoms with van der Waals surface area (Å²) in [7, 11) is 0. The van der Waals surface area contributed by atoms with Gasteiger partial charge < -0.3 is 5.32 Å². The molecule has 2 rings (SSSR count). The smallest absolute Gasteiger partial charge is 0.258 e. The largest absolute Gasteiger partial charge is 0.307 e. The van der Waals surface area contributed by atoms with Crippen molar-refractivity contribution >= 4 is 27.7 Å². The number of pyridine rings is 1. The average Bonchev–Trinajstić information content (AvgIpc) is 2.70. The van der Waals surface area contributed by atoms with E-state index in [2.05, 4.69) is 36.4 Å². The van der Waals surface area contributed by atoms with Crippen molar-refractivity contribution in [1.82, 2.24) is 15.2 Å². The van der Waals surface area contributed by atoms with E-state index in [9.17, 15) is 4.79 Å². The van der Waals surface area contributed by atoms with Crippen molar-refractivity contribution in [3.63, 3.8) is 0 Å². The Kier molecular flexibility index (Phi) is 2.77. The number of aromatic amines is 1. The second-order valence-electron chi connectivity index (χ2n) is 2.82. The quantitative estimate of drug-likeness (QED) is 0.871. The molecule has 2 N–H and O–H groups in total. The SMILES string of the molecule is O=C(Nc1ccn[nH]1)c1cncc(Br)c1. The predicted octanol–water partition coefficient (Wildman–Crippen LogP) is 1.82. The number of carbonyl (C=O) groups is 1. The molecular formula is C9H7BrN4O. The molecule has 2 aromatic rings. The molecule has 0 radical (unpaired) electrons. The number of rotatable bonds is 2. The zero-order chi connectivity index (χ0) is 10.7. The number of aromatic nitrogens is 3. The molecule has 0 saturated heterocycles. The molecule has 0 aliphatic heterocycles. The van der Waals surface area contributed by atoms with E-state index >= 15 is 0 Å². The Morgan fingerprint density at radius 3 is 3.00 bits per heavy atom. The van der Waals surface area contributed by atoms with Crippen LogP contribution in [0, 0.1) is 0 Å². The fourth-order valence-electron chi connectivity index (χ4n) is 1.06. The molecule has 0 aromatic carbocycles. The highest BCUT2D eigenvalue weighted by Crippen LogP contribution is 2.11. The molecule has 0 aliphatic rings. The Labute approximate surface area is 94.0 Å². The third-order valence-electron chi connectivity index (χ3n) is 1.72. The van der Waals surface area contributed by atoms with Crippen molar-refractivity contribution in [2.45, 2.75) is 0 Å². The van der Waals surface area contributed by atoms with Gasteiger partial charge in [-0.2, -0.15) is 5.10 Å². The van der Waals surface area contributed by atoms with Crippen molar-refractivity contribution in [2.24, 2.45) is 0 Å². The number of carbonyl (C=O) groups excluding carboxylic acids is 1. The monoisotopic (exact) mass is 266 g/mol. The lowest BCUT2D eigenvalue weighted by atomic mass is 10.3. The van der Waals surface area contributed by atoms with Crippen LogP contribution in [-0.2, 0) is 0 Å². The summed E-state index contributed by atoms with van der Waals surface area (Å²) >= 11 is 3.25. The van der Waals surface area contributed by atoms with Gasteiger partial charge in [-0.15, -0.1) is 0 Å². The van der Waals surface area contributed by atoms with E-state index in [0.717, 1.165) is 4.47 Å². The van der Waals surface area contributed by atoms with Gasteiger partial charge in [-0.3, -0.25) is 14.9 Å². The number of hydrogen-bond acceptors (Lipinski definition) is 3. The second-order valence-corrected chi connectivity index (χ2v) is 3.73. The molecule has 15 heavy (non-hydrogen) atoms. The summed E-state index contributed by atoms with van der Waals surface area (Å²) in [6.45, 7) is 0. The van der Waals surface area contributed by atoms with Gasteiger partial charge in [0.05, 0.1) is 11.8 Å². The second kappa shape index (κ2) is 4.22. The van der Waals surface area contributed by atoms with Crippen LogP contribution >= 0.6 is 15.9 Å². The molecule has 1 amide bonds. The Morgan fingerprint density at radius 1 is 1.47 bits per heavy atom. The molecule has 5 nitrogen and oxygen atoms in total. The predicted molar refractivity (Wildman–Crippen MR) is 58.5 cm³/mol. The zero-order valence-corrected chi connectivity index (χ0v) is 9.15. The fraction of sp³-hybridized carbons (Fsp3) is 0. The van der Waals surface area contributed by atoms with Crippen LogP contribution in [0.25, 0.3) is 0 Å². The van der Waals surface area contributed by atoms with Gasteiger partial charge >= 0.3 is 0 Å². The van der Waals surface area contributed by atoms with E-state index in [1.165, 1.54) is 6.20 Å². The third kappa shape index (κ3) is 2.41. The van der Waals surface area contributed by atoms with Gasteiger partial charge in [-0.1, -0.05) is 0 Å². The third-order valence-corrected chi connectivity index (χ3v) is 2.15. The van der Waals surface area contributed by atoms with Crippen LogP contribution in [0.4, 0.5) is 5.82 Å². The highest BCUT2D eigenvalue weighted by Gasteiger charge is 2.06. The van der Waals surface area contributed by atoms with Crippen LogP contribution in [0.1, 0.15) is 10.4 Å². The van der Waals surface area contributed by atoms with Crippen LogP contribution in [-0.4, -0.2) is 21.1 Å². The number of nitrogens with zero attached hydrogens (tertiary/aromatic N) is 2. The van der Waals surface area contributed by atoms with Crippen molar-refractivity contribution in [2.75, 3.05) is 5.32 Å². The molecule has 0 fully saturated rings. The molecular weight excluding hydrogens is 260 g/mol. The van der Waals surface area contributed by atoms with Crippen LogP contribution in [0.3, 0.4) is 0 Å². The fourth-order valence-corrected chi connectivity index (χ4v) is 1.42. The van der Waals surface area contributed by atoms with E-state index in [1.54, 1.807) is 24.5 Å². The first-order valence-corrected chi connectivity index (χ1v) is 4.96. The Hall–Kier alpha value is -1.69. The molecule has 6 heteroatoms. The maximum atomic E-state index is 11.6. The Balaban J connectivity index is 2.15. The van der Waals surface area contributed by atoms with E-state index in [1.807, 2.05) is 0 Å². The van der Waals surface area contributed by atoms with Crippen LogP contribution in [0.5, 0.6) is 0 Å². The first-order valence-electron chi connectivity index (χ1n) is 4.17. The summed E-state index contributed by atoms with van der Waals surface area (Å²) in [4.78, 5) is 15.5. The lowest BCUT2D eigenvalue weighted by Crippen LogP contribution is -2.12. The highest BCUT2D eigenvalue weighted by atomic mass is 79.9. The van der Waals surface area contributed by atoms with Crippen molar-refractivity contribution in [1.29, 1.82) is 0 Å². The maximum Gasteiger partial charge on any atom is 0.258 e. The minimum absolute atomic E-state index is 0.229. The number of hydrogen-bond donors (Lipinski definition) is 2. The number of halogens is 1. The van der Waals surface area contributed by atoms with Gasteiger partial charge in [0.1, 0.15) is 5.82 Å². The van der Waals surface area contributed by atoms with E-state index < -0.39 is 0 Å².